The third kappa shape index (κ3) is 3.83. The lowest BCUT2D eigenvalue weighted by atomic mass is 9.81. The predicted octanol–water partition coefficient (Wildman–Crippen LogP) is 2.99. The van der Waals surface area contributed by atoms with Crippen molar-refractivity contribution in [2.45, 2.75) is 42.7 Å². The lowest BCUT2D eigenvalue weighted by molar-refractivity contribution is 0.0651. The summed E-state index contributed by atoms with van der Waals surface area (Å²) in [5, 5.41) is -0.246. The van der Waals surface area contributed by atoms with Crippen LogP contribution in [0.3, 0.4) is 0 Å². The van der Waals surface area contributed by atoms with Gasteiger partial charge in [0.1, 0.15) is 0 Å². The normalized spacial score (nSPS) is 20.7. The number of sulfonamides is 1. The summed E-state index contributed by atoms with van der Waals surface area (Å²) in [6.07, 6.45) is 3.90. The molecule has 0 atom stereocenters. The molecule has 1 heterocycles. The second-order valence-corrected chi connectivity index (χ2v) is 8.48. The van der Waals surface area contributed by atoms with E-state index < -0.39 is 10.0 Å². The molecule has 1 saturated carbocycles. The highest BCUT2D eigenvalue weighted by atomic mass is 32.2. The fourth-order valence-electron chi connectivity index (χ4n) is 3.54. The zero-order chi connectivity index (χ0) is 18.7. The van der Waals surface area contributed by atoms with Crippen LogP contribution in [0.25, 0.3) is 0 Å². The van der Waals surface area contributed by atoms with Crippen molar-refractivity contribution in [3.05, 3.63) is 53.8 Å². The minimum atomic E-state index is -3.69. The topological polar surface area (TPSA) is 79.6 Å². The molecule has 0 aliphatic heterocycles. The molecule has 3 rings (SSSR count). The zero-order valence-electron chi connectivity index (χ0n) is 15.0. The highest BCUT2D eigenvalue weighted by molar-refractivity contribution is 7.89. The highest BCUT2D eigenvalue weighted by Gasteiger charge is 2.29. The maximum Gasteiger partial charge on any atom is 0.289 e. The fraction of sp³-hybridized carbons (Fsp3) is 0.421. The number of benzene rings is 1. The van der Waals surface area contributed by atoms with Crippen molar-refractivity contribution in [1.29, 1.82) is 0 Å². The minimum Gasteiger partial charge on any atom is -0.438 e. The van der Waals surface area contributed by atoms with Crippen molar-refractivity contribution in [1.82, 2.24) is 9.62 Å². The Bertz CT molecular complexity index is 853. The summed E-state index contributed by atoms with van der Waals surface area (Å²) in [4.78, 5) is 14.3. The van der Waals surface area contributed by atoms with E-state index in [9.17, 15) is 13.2 Å². The van der Waals surface area contributed by atoms with Crippen molar-refractivity contribution in [2.75, 3.05) is 14.1 Å². The molecule has 7 heteroatoms. The smallest absolute Gasteiger partial charge is 0.289 e. The van der Waals surface area contributed by atoms with Crippen LogP contribution in [-0.2, 0) is 10.0 Å². The van der Waals surface area contributed by atoms with E-state index in [-0.39, 0.29) is 22.8 Å². The van der Waals surface area contributed by atoms with Crippen LogP contribution in [-0.4, -0.2) is 39.4 Å². The fourth-order valence-corrected chi connectivity index (χ4v) is 4.19. The molecule has 26 heavy (non-hydrogen) atoms. The van der Waals surface area contributed by atoms with E-state index in [1.54, 1.807) is 11.9 Å². The standard InChI is InChI=1S/C19H24N2O4S/c1-20-26(23,24)18-13-12-17(25-18)19(22)21(2)16-10-8-15(9-11-16)14-6-4-3-5-7-14/h3-7,12-13,15-16,20H,8-11H2,1-2H3. The van der Waals surface area contributed by atoms with Crippen LogP contribution in [0.5, 0.6) is 0 Å². The van der Waals surface area contributed by atoms with Gasteiger partial charge < -0.3 is 9.32 Å². The molecule has 1 aromatic carbocycles. The Morgan fingerprint density at radius 1 is 1.08 bits per heavy atom. The molecule has 1 aromatic heterocycles. The number of carbonyl (C=O) groups excluding carboxylic acids is 1. The molecular weight excluding hydrogens is 352 g/mol. The van der Waals surface area contributed by atoms with Gasteiger partial charge in [-0.15, -0.1) is 0 Å². The van der Waals surface area contributed by atoms with Gasteiger partial charge in [0.05, 0.1) is 0 Å². The minimum absolute atomic E-state index is 0.0477. The summed E-state index contributed by atoms with van der Waals surface area (Å²) in [6.45, 7) is 0. The van der Waals surface area contributed by atoms with Crippen molar-refractivity contribution < 1.29 is 17.6 Å². The Morgan fingerprint density at radius 3 is 2.35 bits per heavy atom. The molecule has 0 radical (unpaired) electrons. The van der Waals surface area contributed by atoms with Crippen molar-refractivity contribution in [3.63, 3.8) is 0 Å². The third-order valence-electron chi connectivity index (χ3n) is 5.16. The van der Waals surface area contributed by atoms with E-state index in [1.807, 2.05) is 6.07 Å². The maximum absolute atomic E-state index is 12.6. The van der Waals surface area contributed by atoms with Gasteiger partial charge in [-0.2, -0.15) is 0 Å². The highest BCUT2D eigenvalue weighted by Crippen LogP contribution is 2.34. The maximum atomic E-state index is 12.6. The quantitative estimate of drug-likeness (QED) is 0.870. The van der Waals surface area contributed by atoms with Gasteiger partial charge in [0, 0.05) is 13.1 Å². The SMILES string of the molecule is CNS(=O)(=O)c1ccc(C(=O)N(C)C2CCC(c3ccccc3)CC2)o1. The molecule has 140 valence electrons. The number of hydrogen-bond acceptors (Lipinski definition) is 4. The van der Waals surface area contributed by atoms with Gasteiger partial charge in [-0.25, -0.2) is 13.1 Å². The Labute approximate surface area is 154 Å². The Balaban J connectivity index is 1.63. The van der Waals surface area contributed by atoms with Crippen LogP contribution in [0.2, 0.25) is 0 Å². The molecule has 0 saturated heterocycles. The van der Waals surface area contributed by atoms with E-state index in [2.05, 4.69) is 29.0 Å². The number of rotatable bonds is 5. The molecule has 1 aliphatic rings. The lowest BCUT2D eigenvalue weighted by Crippen LogP contribution is -2.39. The van der Waals surface area contributed by atoms with Crippen LogP contribution < -0.4 is 4.72 Å². The summed E-state index contributed by atoms with van der Waals surface area (Å²) in [5.41, 5.74) is 1.35. The van der Waals surface area contributed by atoms with E-state index in [1.165, 1.54) is 24.7 Å². The Hall–Kier alpha value is -2.12. The Kier molecular flexibility index (Phi) is 5.48. The van der Waals surface area contributed by atoms with Crippen molar-refractivity contribution >= 4 is 15.9 Å². The number of furan rings is 1. The molecule has 0 spiro atoms. The number of nitrogens with one attached hydrogen (secondary N) is 1. The van der Waals surface area contributed by atoms with Gasteiger partial charge >= 0.3 is 0 Å². The largest absolute Gasteiger partial charge is 0.438 e. The molecule has 1 N–H and O–H groups in total. The first kappa shape index (κ1) is 18.7. The number of hydrogen-bond donors (Lipinski definition) is 1. The van der Waals surface area contributed by atoms with Crippen LogP contribution in [0.1, 0.15) is 47.7 Å². The summed E-state index contributed by atoms with van der Waals surface area (Å²) < 4.78 is 30.9. The van der Waals surface area contributed by atoms with Crippen LogP contribution in [0.4, 0.5) is 0 Å². The second-order valence-electron chi connectivity index (χ2n) is 6.66. The van der Waals surface area contributed by atoms with Crippen molar-refractivity contribution in [2.24, 2.45) is 0 Å². The van der Waals surface area contributed by atoms with Gasteiger partial charge in [-0.3, -0.25) is 4.79 Å². The van der Waals surface area contributed by atoms with E-state index in [4.69, 9.17) is 4.42 Å². The molecular formula is C19H24N2O4S. The van der Waals surface area contributed by atoms with E-state index in [0.29, 0.717) is 5.92 Å². The molecule has 1 aliphatic carbocycles. The van der Waals surface area contributed by atoms with Gasteiger partial charge in [0.15, 0.2) is 5.76 Å². The van der Waals surface area contributed by atoms with Gasteiger partial charge in [-0.05, 0) is 56.3 Å². The first-order valence-electron chi connectivity index (χ1n) is 8.78. The molecule has 1 fully saturated rings. The molecule has 2 aromatic rings. The second kappa shape index (κ2) is 7.63. The number of nitrogens with zero attached hydrogens (tertiary/aromatic N) is 1. The molecule has 1 amide bonds. The number of carbonyl (C=O) groups is 1. The molecule has 0 unspecified atom stereocenters. The first-order chi connectivity index (χ1) is 12.4. The predicted molar refractivity (Wildman–Crippen MR) is 98.5 cm³/mol. The van der Waals surface area contributed by atoms with Gasteiger partial charge in [0.2, 0.25) is 5.09 Å². The monoisotopic (exact) mass is 376 g/mol. The van der Waals surface area contributed by atoms with Crippen LogP contribution in [0.15, 0.2) is 52.0 Å². The van der Waals surface area contributed by atoms with Gasteiger partial charge in [0.25, 0.3) is 15.9 Å². The summed E-state index contributed by atoms with van der Waals surface area (Å²) >= 11 is 0. The molecule has 6 nitrogen and oxygen atoms in total. The average molecular weight is 376 g/mol. The zero-order valence-corrected chi connectivity index (χ0v) is 15.8. The summed E-state index contributed by atoms with van der Waals surface area (Å²) in [5.74, 6) is 0.296. The van der Waals surface area contributed by atoms with Crippen molar-refractivity contribution in [3.8, 4) is 0 Å². The van der Waals surface area contributed by atoms with Crippen LogP contribution in [0, 0.1) is 0 Å². The lowest BCUT2D eigenvalue weighted by Gasteiger charge is -2.34. The summed E-state index contributed by atoms with van der Waals surface area (Å²) in [7, 11) is -0.630. The van der Waals surface area contributed by atoms with E-state index in [0.717, 1.165) is 25.7 Å². The Morgan fingerprint density at radius 2 is 1.73 bits per heavy atom. The average Bonchev–Trinajstić information content (AvgIpc) is 3.19. The summed E-state index contributed by atoms with van der Waals surface area (Å²) in [6, 6.07) is 13.3. The van der Waals surface area contributed by atoms with Crippen LogP contribution >= 0.6 is 0 Å². The van der Waals surface area contributed by atoms with Gasteiger partial charge in [-0.1, -0.05) is 30.3 Å². The first-order valence-corrected chi connectivity index (χ1v) is 10.3. The number of amides is 1. The van der Waals surface area contributed by atoms with E-state index >= 15 is 0 Å². The third-order valence-corrected chi connectivity index (χ3v) is 6.45. The molecule has 0 bridgehead atoms.